The van der Waals surface area contributed by atoms with E-state index in [2.05, 4.69) is 11.8 Å². The van der Waals surface area contributed by atoms with Crippen LogP contribution in [0.1, 0.15) is 32.6 Å². The molecular weight excluding hydrogens is 214 g/mol. The summed E-state index contributed by atoms with van der Waals surface area (Å²) < 4.78 is 0. The van der Waals surface area contributed by atoms with Crippen LogP contribution in [0.2, 0.25) is 0 Å². The number of piperidine rings is 1. The summed E-state index contributed by atoms with van der Waals surface area (Å²) in [5, 5.41) is 0. The van der Waals surface area contributed by atoms with Crippen LogP contribution in [0.15, 0.2) is 0 Å². The molecule has 0 bridgehead atoms. The van der Waals surface area contributed by atoms with Gasteiger partial charge in [0, 0.05) is 25.7 Å². The molecule has 4 nitrogen and oxygen atoms in total. The van der Waals surface area contributed by atoms with E-state index in [-0.39, 0.29) is 0 Å². The van der Waals surface area contributed by atoms with E-state index in [9.17, 15) is 4.79 Å². The molecule has 0 spiro atoms. The average molecular weight is 239 g/mol. The lowest BCUT2D eigenvalue weighted by Crippen LogP contribution is -2.47. The van der Waals surface area contributed by atoms with E-state index in [1.807, 2.05) is 4.90 Å². The number of carbonyl (C=O) groups is 1. The fraction of sp³-hybridized carbons (Fsp3) is 0.923. The highest BCUT2D eigenvalue weighted by Gasteiger charge is 2.28. The number of amides is 1. The Morgan fingerprint density at radius 1 is 1.29 bits per heavy atom. The molecule has 2 atom stereocenters. The van der Waals surface area contributed by atoms with Crippen molar-refractivity contribution in [3.63, 3.8) is 0 Å². The summed E-state index contributed by atoms with van der Waals surface area (Å²) in [6.07, 6.45) is 4.76. The number of carbonyl (C=O) groups excluding carboxylic acids is 1. The maximum Gasteiger partial charge on any atom is 0.236 e. The van der Waals surface area contributed by atoms with Gasteiger partial charge in [0.2, 0.25) is 5.91 Å². The molecule has 0 aliphatic carbocycles. The highest BCUT2D eigenvalue weighted by molar-refractivity contribution is 5.78. The van der Waals surface area contributed by atoms with Crippen molar-refractivity contribution in [1.82, 2.24) is 9.80 Å². The summed E-state index contributed by atoms with van der Waals surface area (Å²) in [7, 11) is 0. The van der Waals surface area contributed by atoms with Gasteiger partial charge in [0.25, 0.3) is 0 Å². The minimum absolute atomic E-state index is 0.303. The average Bonchev–Trinajstić information content (AvgIpc) is 2.76. The Kier molecular flexibility index (Phi) is 4.40. The summed E-state index contributed by atoms with van der Waals surface area (Å²) >= 11 is 0. The van der Waals surface area contributed by atoms with Gasteiger partial charge in [-0.3, -0.25) is 9.69 Å². The number of nitrogens with two attached hydrogens (primary N) is 1. The Morgan fingerprint density at radius 3 is 2.76 bits per heavy atom. The van der Waals surface area contributed by atoms with Gasteiger partial charge in [0.15, 0.2) is 0 Å². The molecule has 2 unspecified atom stereocenters. The lowest BCUT2D eigenvalue weighted by atomic mass is 10.0. The molecule has 17 heavy (non-hydrogen) atoms. The molecular formula is C13H25N3O. The van der Waals surface area contributed by atoms with Crippen molar-refractivity contribution in [2.24, 2.45) is 11.7 Å². The minimum atomic E-state index is 0.303. The molecule has 0 radical (unpaired) electrons. The van der Waals surface area contributed by atoms with Crippen molar-refractivity contribution < 1.29 is 4.79 Å². The van der Waals surface area contributed by atoms with Crippen LogP contribution >= 0.6 is 0 Å². The van der Waals surface area contributed by atoms with Crippen molar-refractivity contribution in [3.05, 3.63) is 0 Å². The van der Waals surface area contributed by atoms with Gasteiger partial charge in [-0.25, -0.2) is 0 Å². The third-order valence-corrected chi connectivity index (χ3v) is 4.12. The van der Waals surface area contributed by atoms with E-state index in [0.717, 1.165) is 32.5 Å². The van der Waals surface area contributed by atoms with Gasteiger partial charge in [-0.15, -0.1) is 0 Å². The summed E-state index contributed by atoms with van der Waals surface area (Å²) in [6.45, 7) is 6.43. The summed E-state index contributed by atoms with van der Waals surface area (Å²) in [5.41, 5.74) is 5.73. The number of hydrogen-bond donors (Lipinski definition) is 1. The lowest BCUT2D eigenvalue weighted by Gasteiger charge is -2.33. The fourth-order valence-electron chi connectivity index (χ4n) is 3.06. The summed E-state index contributed by atoms with van der Waals surface area (Å²) in [5.74, 6) is 0.966. The Morgan fingerprint density at radius 2 is 2.06 bits per heavy atom. The second-order valence-corrected chi connectivity index (χ2v) is 5.59. The van der Waals surface area contributed by atoms with Crippen LogP contribution in [0, 0.1) is 5.92 Å². The molecule has 2 aliphatic heterocycles. The third kappa shape index (κ3) is 3.19. The molecule has 4 heteroatoms. The minimum Gasteiger partial charge on any atom is -0.341 e. The molecule has 0 saturated carbocycles. The SMILES string of the molecule is CC1CCCN(C(=O)CN2CCCC2CN)C1. The normalized spacial score (nSPS) is 30.8. The second kappa shape index (κ2) is 5.83. The van der Waals surface area contributed by atoms with Gasteiger partial charge in [-0.1, -0.05) is 6.92 Å². The van der Waals surface area contributed by atoms with Crippen molar-refractivity contribution >= 4 is 5.91 Å². The van der Waals surface area contributed by atoms with Crippen LogP contribution in [0.3, 0.4) is 0 Å². The van der Waals surface area contributed by atoms with Crippen LogP contribution in [0.4, 0.5) is 0 Å². The second-order valence-electron chi connectivity index (χ2n) is 5.59. The van der Waals surface area contributed by atoms with E-state index < -0.39 is 0 Å². The monoisotopic (exact) mass is 239 g/mol. The molecule has 2 heterocycles. The predicted molar refractivity (Wildman–Crippen MR) is 68.6 cm³/mol. The fourth-order valence-corrected chi connectivity index (χ4v) is 3.06. The van der Waals surface area contributed by atoms with Crippen molar-refractivity contribution in [1.29, 1.82) is 0 Å². The van der Waals surface area contributed by atoms with Crippen LogP contribution < -0.4 is 5.73 Å². The van der Waals surface area contributed by atoms with Crippen LogP contribution in [0.5, 0.6) is 0 Å². The molecule has 1 amide bonds. The van der Waals surface area contributed by atoms with Crippen molar-refractivity contribution in [2.75, 3.05) is 32.7 Å². The van der Waals surface area contributed by atoms with Gasteiger partial charge in [0.1, 0.15) is 0 Å². The molecule has 0 aromatic rings. The topological polar surface area (TPSA) is 49.6 Å². The highest BCUT2D eigenvalue weighted by atomic mass is 16.2. The van der Waals surface area contributed by atoms with E-state index in [4.69, 9.17) is 5.73 Å². The Hall–Kier alpha value is -0.610. The van der Waals surface area contributed by atoms with E-state index >= 15 is 0 Å². The molecule has 2 aliphatic rings. The van der Waals surface area contributed by atoms with Crippen LogP contribution in [-0.2, 0) is 4.79 Å². The van der Waals surface area contributed by atoms with Gasteiger partial charge in [-0.2, -0.15) is 0 Å². The predicted octanol–water partition coefficient (Wildman–Crippen LogP) is 0.668. The van der Waals surface area contributed by atoms with Crippen LogP contribution in [0.25, 0.3) is 0 Å². The first-order valence-electron chi connectivity index (χ1n) is 6.92. The molecule has 0 aromatic carbocycles. The lowest BCUT2D eigenvalue weighted by molar-refractivity contribution is -0.134. The molecule has 2 N–H and O–H groups in total. The van der Waals surface area contributed by atoms with E-state index in [1.54, 1.807) is 0 Å². The van der Waals surface area contributed by atoms with Crippen molar-refractivity contribution in [3.8, 4) is 0 Å². The zero-order valence-corrected chi connectivity index (χ0v) is 10.9. The molecule has 98 valence electrons. The third-order valence-electron chi connectivity index (χ3n) is 4.12. The molecule has 2 fully saturated rings. The van der Waals surface area contributed by atoms with Crippen LogP contribution in [-0.4, -0.2) is 54.5 Å². The zero-order chi connectivity index (χ0) is 12.3. The zero-order valence-electron chi connectivity index (χ0n) is 10.9. The van der Waals surface area contributed by atoms with E-state index in [0.29, 0.717) is 31.0 Å². The number of rotatable bonds is 3. The summed E-state index contributed by atoms with van der Waals surface area (Å²) in [4.78, 5) is 16.5. The van der Waals surface area contributed by atoms with Gasteiger partial charge >= 0.3 is 0 Å². The van der Waals surface area contributed by atoms with Gasteiger partial charge in [-0.05, 0) is 38.1 Å². The Balaban J connectivity index is 1.83. The number of hydrogen-bond acceptors (Lipinski definition) is 3. The Labute approximate surface area is 104 Å². The first-order valence-corrected chi connectivity index (χ1v) is 6.92. The maximum atomic E-state index is 12.2. The van der Waals surface area contributed by atoms with E-state index in [1.165, 1.54) is 12.8 Å². The van der Waals surface area contributed by atoms with Crippen molar-refractivity contribution in [2.45, 2.75) is 38.6 Å². The quantitative estimate of drug-likeness (QED) is 0.787. The smallest absolute Gasteiger partial charge is 0.236 e. The van der Waals surface area contributed by atoms with Gasteiger partial charge < -0.3 is 10.6 Å². The first kappa shape index (κ1) is 12.8. The summed E-state index contributed by atoms with van der Waals surface area (Å²) in [6, 6.07) is 0.432. The molecule has 2 saturated heterocycles. The number of nitrogens with zero attached hydrogens (tertiary/aromatic N) is 2. The largest absolute Gasteiger partial charge is 0.341 e. The molecule has 0 aromatic heterocycles. The van der Waals surface area contributed by atoms with Gasteiger partial charge in [0.05, 0.1) is 6.54 Å². The first-order chi connectivity index (χ1) is 8.20. The standard InChI is InChI=1S/C13H25N3O/c1-11-4-2-7-16(9-11)13(17)10-15-6-3-5-12(15)8-14/h11-12H,2-10,14H2,1H3. The molecule has 2 rings (SSSR count). The highest BCUT2D eigenvalue weighted by Crippen LogP contribution is 2.18. The Bertz CT molecular complexity index is 269. The maximum absolute atomic E-state index is 12.2. The number of likely N-dealkylation sites (tertiary alicyclic amines) is 2.